The first kappa shape index (κ1) is 20.1. The van der Waals surface area contributed by atoms with Crippen molar-refractivity contribution >= 4 is 27.9 Å². The van der Waals surface area contributed by atoms with Crippen LogP contribution in [0.2, 0.25) is 0 Å². The molecule has 2 aliphatic heterocycles. The number of ether oxygens (including phenoxy) is 1. The number of para-hydroxylation sites is 1. The Hall–Kier alpha value is -2.17. The van der Waals surface area contributed by atoms with Crippen molar-refractivity contribution < 1.29 is 17.9 Å². The van der Waals surface area contributed by atoms with E-state index in [9.17, 15) is 13.2 Å². The van der Waals surface area contributed by atoms with Crippen LogP contribution >= 0.6 is 11.3 Å². The van der Waals surface area contributed by atoms with Crippen LogP contribution in [0.15, 0.2) is 29.3 Å². The summed E-state index contributed by atoms with van der Waals surface area (Å²) in [5.74, 6) is 0.512. The number of anilines is 2. The number of nitrogens with zero attached hydrogens (tertiary/aromatic N) is 3. The first-order valence-electron chi connectivity index (χ1n) is 9.40. The van der Waals surface area contributed by atoms with Gasteiger partial charge in [-0.1, -0.05) is 29.5 Å². The van der Waals surface area contributed by atoms with Gasteiger partial charge in [0.05, 0.1) is 6.54 Å². The molecule has 1 saturated heterocycles. The number of thiazole rings is 1. The van der Waals surface area contributed by atoms with E-state index < -0.39 is 11.2 Å². The number of hydrogen-bond donors (Lipinski definition) is 2. The summed E-state index contributed by atoms with van der Waals surface area (Å²) < 4.78 is 45.3. The zero-order valence-electron chi connectivity index (χ0n) is 15.9. The van der Waals surface area contributed by atoms with Gasteiger partial charge in [-0.3, -0.25) is 4.99 Å². The fraction of sp³-hybridized carbons (Fsp3) is 0.474. The molecule has 0 aliphatic carbocycles. The maximum atomic E-state index is 13.4. The lowest BCUT2D eigenvalue weighted by atomic mass is 10.1. The van der Waals surface area contributed by atoms with Gasteiger partial charge in [-0.05, 0) is 18.1 Å². The molecule has 0 radical (unpaired) electrons. The minimum absolute atomic E-state index is 0.182. The molecule has 1 aromatic heterocycles. The molecule has 6 nitrogen and oxygen atoms in total. The number of benzene rings is 1. The smallest absolute Gasteiger partial charge is 0.385 e. The summed E-state index contributed by atoms with van der Waals surface area (Å²) in [6.07, 6.45) is -3.68. The van der Waals surface area contributed by atoms with Gasteiger partial charge in [-0.2, -0.15) is 13.2 Å². The molecule has 1 aromatic carbocycles. The number of fused-ring (bicyclic) bond motifs is 2. The highest BCUT2D eigenvalue weighted by molar-refractivity contribution is 7.16. The fourth-order valence-electron chi connectivity index (χ4n) is 3.54. The van der Waals surface area contributed by atoms with Gasteiger partial charge in [-0.25, -0.2) is 4.98 Å². The lowest BCUT2D eigenvalue weighted by Crippen LogP contribution is -2.53. The van der Waals surface area contributed by atoms with E-state index in [1.165, 1.54) is 0 Å². The molecule has 29 heavy (non-hydrogen) atoms. The Labute approximate surface area is 170 Å². The van der Waals surface area contributed by atoms with Crippen LogP contribution in [-0.2, 0) is 17.5 Å². The Morgan fingerprint density at radius 2 is 2.14 bits per heavy atom. The van der Waals surface area contributed by atoms with Crippen molar-refractivity contribution in [1.82, 2.24) is 15.2 Å². The lowest BCUT2D eigenvalue weighted by molar-refractivity contribution is -0.137. The molecule has 0 unspecified atom stereocenters. The number of piperazine rings is 1. The largest absolute Gasteiger partial charge is 0.443 e. The van der Waals surface area contributed by atoms with Crippen molar-refractivity contribution in [3.63, 3.8) is 0 Å². The number of aliphatic imine (C=N–C) groups is 1. The first-order valence-corrected chi connectivity index (χ1v) is 10.2. The molecule has 156 valence electrons. The Morgan fingerprint density at radius 1 is 1.31 bits per heavy atom. The summed E-state index contributed by atoms with van der Waals surface area (Å²) in [6, 6.07) is 7.70. The third-order valence-corrected chi connectivity index (χ3v) is 5.99. The summed E-state index contributed by atoms with van der Waals surface area (Å²) >= 11 is 0.621. The SMILES string of the molecule is COCC[C@H]1CN(C2=NCc3ccccc3Nc3sc(C(F)(F)F)nc32)CCN1. The number of rotatable bonds is 3. The quantitative estimate of drug-likeness (QED) is 0.789. The maximum Gasteiger partial charge on any atom is 0.443 e. The van der Waals surface area contributed by atoms with Gasteiger partial charge in [0.2, 0.25) is 5.01 Å². The molecule has 0 saturated carbocycles. The molecule has 0 amide bonds. The lowest BCUT2D eigenvalue weighted by Gasteiger charge is -2.36. The zero-order valence-corrected chi connectivity index (χ0v) is 16.7. The predicted octanol–water partition coefficient (Wildman–Crippen LogP) is 3.48. The van der Waals surface area contributed by atoms with Gasteiger partial charge in [0.1, 0.15) is 10.7 Å². The van der Waals surface area contributed by atoms with E-state index >= 15 is 0 Å². The number of nitrogens with one attached hydrogen (secondary N) is 2. The van der Waals surface area contributed by atoms with Crippen LogP contribution in [0.5, 0.6) is 0 Å². The summed E-state index contributed by atoms with van der Waals surface area (Å²) in [4.78, 5) is 10.7. The molecule has 3 heterocycles. The number of aromatic nitrogens is 1. The van der Waals surface area contributed by atoms with E-state index in [0.717, 1.165) is 24.2 Å². The molecule has 10 heteroatoms. The van der Waals surface area contributed by atoms with Gasteiger partial charge >= 0.3 is 6.18 Å². The Balaban J connectivity index is 1.72. The molecular formula is C19H22F3N5OS. The van der Waals surface area contributed by atoms with E-state index in [1.54, 1.807) is 7.11 Å². The van der Waals surface area contributed by atoms with Gasteiger partial charge in [-0.15, -0.1) is 0 Å². The van der Waals surface area contributed by atoms with Gasteiger partial charge < -0.3 is 20.3 Å². The van der Waals surface area contributed by atoms with Gasteiger partial charge in [0, 0.05) is 45.1 Å². The molecular weight excluding hydrogens is 403 g/mol. The fourth-order valence-corrected chi connectivity index (χ4v) is 4.38. The Bertz CT molecular complexity index is 898. The maximum absolute atomic E-state index is 13.4. The van der Waals surface area contributed by atoms with Crippen LogP contribution < -0.4 is 10.6 Å². The molecule has 0 bridgehead atoms. The van der Waals surface area contributed by atoms with Crippen molar-refractivity contribution in [1.29, 1.82) is 0 Å². The second-order valence-corrected chi connectivity index (χ2v) is 7.99. The molecule has 2 N–H and O–H groups in total. The van der Waals surface area contributed by atoms with E-state index in [4.69, 9.17) is 9.73 Å². The van der Waals surface area contributed by atoms with E-state index in [2.05, 4.69) is 15.6 Å². The minimum Gasteiger partial charge on any atom is -0.385 e. The summed E-state index contributed by atoms with van der Waals surface area (Å²) in [7, 11) is 1.66. The van der Waals surface area contributed by atoms with Gasteiger partial charge in [0.25, 0.3) is 0 Å². The highest BCUT2D eigenvalue weighted by Crippen LogP contribution is 2.40. The van der Waals surface area contributed by atoms with Crippen molar-refractivity contribution in [2.75, 3.05) is 38.7 Å². The van der Waals surface area contributed by atoms with Crippen LogP contribution in [0, 0.1) is 0 Å². The van der Waals surface area contributed by atoms with E-state index in [-0.39, 0.29) is 11.7 Å². The van der Waals surface area contributed by atoms with Crippen LogP contribution in [0.25, 0.3) is 0 Å². The summed E-state index contributed by atoms with van der Waals surface area (Å²) in [6.45, 7) is 3.02. The average molecular weight is 425 g/mol. The highest BCUT2D eigenvalue weighted by Gasteiger charge is 2.38. The van der Waals surface area contributed by atoms with Crippen molar-refractivity contribution in [3.05, 3.63) is 40.5 Å². The zero-order chi connectivity index (χ0) is 20.4. The number of alkyl halides is 3. The molecule has 1 atom stereocenters. The first-order chi connectivity index (χ1) is 14.0. The van der Waals surface area contributed by atoms with Crippen LogP contribution in [0.1, 0.15) is 22.7 Å². The number of halogens is 3. The monoisotopic (exact) mass is 425 g/mol. The molecule has 1 fully saturated rings. The van der Waals surface area contributed by atoms with Crippen LogP contribution in [-0.4, -0.2) is 55.1 Å². The second kappa shape index (κ2) is 8.29. The van der Waals surface area contributed by atoms with Crippen molar-refractivity contribution in [2.24, 2.45) is 4.99 Å². The van der Waals surface area contributed by atoms with Gasteiger partial charge in [0.15, 0.2) is 5.84 Å². The number of methoxy groups -OCH3 is 1. The molecule has 0 spiro atoms. The normalized spacial score (nSPS) is 19.5. The Kier molecular flexibility index (Phi) is 5.75. The average Bonchev–Trinajstić information content (AvgIpc) is 3.10. The molecule has 2 aliphatic rings. The summed E-state index contributed by atoms with van der Waals surface area (Å²) in [5.41, 5.74) is 1.96. The second-order valence-electron chi connectivity index (χ2n) is 7.00. The molecule has 2 aromatic rings. The Morgan fingerprint density at radius 3 is 2.93 bits per heavy atom. The highest BCUT2D eigenvalue weighted by atomic mass is 32.1. The third kappa shape index (κ3) is 4.39. The van der Waals surface area contributed by atoms with Crippen molar-refractivity contribution in [2.45, 2.75) is 25.2 Å². The third-order valence-electron chi connectivity index (χ3n) is 4.97. The standard InChI is InChI=1S/C19H22F3N5OS/c1-28-9-6-13-11-27(8-7-23-13)16-15-17(29-18(26-15)19(20,21)22)25-14-5-3-2-4-12(14)10-24-16/h2-5,13,23,25H,6-11H2,1H3/t13-/m0/s1. The number of hydrogen-bond acceptors (Lipinski definition) is 7. The summed E-state index contributed by atoms with van der Waals surface area (Å²) in [5, 5.41) is 6.10. The van der Waals surface area contributed by atoms with E-state index in [0.29, 0.717) is 48.4 Å². The van der Waals surface area contributed by atoms with Crippen molar-refractivity contribution in [3.8, 4) is 0 Å². The number of amidine groups is 1. The van der Waals surface area contributed by atoms with Crippen LogP contribution in [0.3, 0.4) is 0 Å². The minimum atomic E-state index is -4.50. The van der Waals surface area contributed by atoms with E-state index in [1.807, 2.05) is 29.2 Å². The predicted molar refractivity (Wildman–Crippen MR) is 107 cm³/mol. The molecule has 4 rings (SSSR count). The van der Waals surface area contributed by atoms with Crippen LogP contribution in [0.4, 0.5) is 23.9 Å². The topological polar surface area (TPSA) is 61.8 Å².